The molecule has 1 N–H and O–H groups in total. The van der Waals surface area contributed by atoms with Crippen molar-refractivity contribution in [2.45, 2.75) is 18.5 Å². The molecule has 3 nitrogen and oxygen atoms in total. The van der Waals surface area contributed by atoms with E-state index in [4.69, 9.17) is 11.6 Å². The highest BCUT2D eigenvalue weighted by Gasteiger charge is 2.56. The summed E-state index contributed by atoms with van der Waals surface area (Å²) in [6.45, 7) is 0. The van der Waals surface area contributed by atoms with Gasteiger partial charge in [-0.1, -0.05) is 11.6 Å². The first-order valence-corrected chi connectivity index (χ1v) is 4.59. The number of hydrogen-bond donors (Lipinski definition) is 1. The quantitative estimate of drug-likeness (QED) is 0.814. The number of aromatic amines is 1. The van der Waals surface area contributed by atoms with Gasteiger partial charge in [0.2, 0.25) is 0 Å². The molecule has 1 aromatic rings. The number of nitrogens with zero attached hydrogens (tertiary/aromatic N) is 1. The topological polar surface area (TPSA) is 45.8 Å². The van der Waals surface area contributed by atoms with Crippen LogP contribution in [-0.4, -0.2) is 16.4 Å². The van der Waals surface area contributed by atoms with Crippen LogP contribution in [0.3, 0.4) is 0 Å². The van der Waals surface area contributed by atoms with Gasteiger partial charge < -0.3 is 0 Å². The lowest BCUT2D eigenvalue weighted by Gasteiger charge is -2.04. The normalized spacial score (nSPS) is 25.3. The van der Waals surface area contributed by atoms with Crippen LogP contribution in [0.25, 0.3) is 0 Å². The van der Waals surface area contributed by atoms with Crippen molar-refractivity contribution >= 4 is 11.6 Å². The molecule has 2 unspecified atom stereocenters. The Morgan fingerprint density at radius 3 is 2.73 bits per heavy atom. The van der Waals surface area contributed by atoms with Gasteiger partial charge in [0.15, 0.2) is 0 Å². The molecule has 0 saturated heterocycles. The molecule has 2 rings (SSSR count). The van der Waals surface area contributed by atoms with Gasteiger partial charge in [-0.15, -0.1) is 0 Å². The van der Waals surface area contributed by atoms with Crippen molar-refractivity contribution in [3.63, 3.8) is 0 Å². The zero-order valence-electron chi connectivity index (χ0n) is 7.31. The van der Waals surface area contributed by atoms with Crippen molar-refractivity contribution in [3.05, 3.63) is 27.1 Å². The van der Waals surface area contributed by atoms with E-state index in [1.165, 1.54) is 6.07 Å². The van der Waals surface area contributed by atoms with E-state index < -0.39 is 23.6 Å². The second kappa shape index (κ2) is 3.23. The van der Waals surface area contributed by atoms with Gasteiger partial charge in [-0.25, -0.2) is 5.10 Å². The van der Waals surface area contributed by atoms with Crippen LogP contribution in [0.15, 0.2) is 10.9 Å². The van der Waals surface area contributed by atoms with Gasteiger partial charge in [0.1, 0.15) is 5.15 Å². The molecule has 1 aliphatic rings. The Morgan fingerprint density at radius 1 is 1.53 bits per heavy atom. The fourth-order valence-corrected chi connectivity index (χ4v) is 1.73. The van der Waals surface area contributed by atoms with Crippen LogP contribution in [0, 0.1) is 5.92 Å². The number of halogens is 4. The lowest BCUT2D eigenvalue weighted by molar-refractivity contribution is -0.148. The SMILES string of the molecule is O=c1[nH]nc(Cl)cc1C1CC1C(F)(F)F. The van der Waals surface area contributed by atoms with Crippen molar-refractivity contribution in [1.82, 2.24) is 10.2 Å². The molecular weight excluding hydrogens is 233 g/mol. The fourth-order valence-electron chi connectivity index (χ4n) is 1.57. The lowest BCUT2D eigenvalue weighted by atomic mass is 10.1. The van der Waals surface area contributed by atoms with Crippen LogP contribution < -0.4 is 5.56 Å². The Balaban J connectivity index is 2.27. The van der Waals surface area contributed by atoms with Crippen molar-refractivity contribution < 1.29 is 13.2 Å². The molecule has 1 aromatic heterocycles. The Morgan fingerprint density at radius 2 is 2.20 bits per heavy atom. The van der Waals surface area contributed by atoms with Gasteiger partial charge >= 0.3 is 6.18 Å². The van der Waals surface area contributed by atoms with Crippen LogP contribution in [0.4, 0.5) is 13.2 Å². The third-order valence-electron chi connectivity index (χ3n) is 2.41. The summed E-state index contributed by atoms with van der Waals surface area (Å²) in [7, 11) is 0. The summed E-state index contributed by atoms with van der Waals surface area (Å²) in [5.74, 6) is -2.19. The minimum atomic E-state index is -4.24. The average Bonchev–Trinajstić information content (AvgIpc) is 2.87. The third-order valence-corrected chi connectivity index (χ3v) is 2.61. The zero-order valence-corrected chi connectivity index (χ0v) is 8.06. The maximum Gasteiger partial charge on any atom is 0.392 e. The summed E-state index contributed by atoms with van der Waals surface area (Å²) >= 11 is 5.49. The first kappa shape index (κ1) is 10.5. The smallest absolute Gasteiger partial charge is 0.268 e. The first-order valence-electron chi connectivity index (χ1n) is 4.21. The molecule has 2 atom stereocenters. The molecule has 82 valence electrons. The highest BCUT2D eigenvalue weighted by Crippen LogP contribution is 2.55. The molecule has 0 aromatic carbocycles. The van der Waals surface area contributed by atoms with Gasteiger partial charge in [0, 0.05) is 11.5 Å². The number of nitrogens with one attached hydrogen (secondary N) is 1. The standard InChI is InChI=1S/C8H6ClF3N2O/c9-6-2-4(7(15)14-13-6)3-1-5(3)8(10,11)12/h2-3,5H,1H2,(H,14,15). The van der Waals surface area contributed by atoms with Crippen LogP contribution in [0.2, 0.25) is 5.15 Å². The van der Waals surface area contributed by atoms with Gasteiger partial charge in [0.25, 0.3) is 5.56 Å². The number of aromatic nitrogens is 2. The molecule has 0 radical (unpaired) electrons. The van der Waals surface area contributed by atoms with E-state index in [1.54, 1.807) is 0 Å². The van der Waals surface area contributed by atoms with Gasteiger partial charge in [-0.2, -0.15) is 18.3 Å². The molecule has 1 heterocycles. The molecule has 0 bridgehead atoms. The second-order valence-corrected chi connectivity index (χ2v) is 3.85. The average molecular weight is 239 g/mol. The summed E-state index contributed by atoms with van der Waals surface area (Å²) < 4.78 is 36.7. The number of hydrogen-bond acceptors (Lipinski definition) is 2. The summed E-state index contributed by atoms with van der Waals surface area (Å²) in [5, 5.41) is 5.44. The number of H-pyrrole nitrogens is 1. The monoisotopic (exact) mass is 238 g/mol. The van der Waals surface area contributed by atoms with Gasteiger partial charge in [0.05, 0.1) is 5.92 Å². The van der Waals surface area contributed by atoms with Crippen LogP contribution in [-0.2, 0) is 0 Å². The van der Waals surface area contributed by atoms with Gasteiger partial charge in [-0.3, -0.25) is 4.79 Å². The van der Waals surface area contributed by atoms with Crippen LogP contribution in [0.1, 0.15) is 17.9 Å². The van der Waals surface area contributed by atoms with E-state index in [2.05, 4.69) is 10.2 Å². The largest absolute Gasteiger partial charge is 0.392 e. The molecule has 7 heteroatoms. The van der Waals surface area contributed by atoms with E-state index in [1.807, 2.05) is 0 Å². The molecule has 0 aliphatic heterocycles. The van der Waals surface area contributed by atoms with E-state index in [0.717, 1.165) is 0 Å². The van der Waals surface area contributed by atoms with Crippen LogP contribution >= 0.6 is 11.6 Å². The third kappa shape index (κ3) is 1.99. The fraction of sp³-hybridized carbons (Fsp3) is 0.500. The molecular formula is C8H6ClF3N2O. The number of alkyl halides is 3. The molecule has 1 fully saturated rings. The highest BCUT2D eigenvalue weighted by atomic mass is 35.5. The second-order valence-electron chi connectivity index (χ2n) is 3.47. The van der Waals surface area contributed by atoms with Crippen molar-refractivity contribution in [1.29, 1.82) is 0 Å². The van der Waals surface area contributed by atoms with E-state index >= 15 is 0 Å². The Bertz CT molecular complexity index is 442. The van der Waals surface area contributed by atoms with Crippen molar-refractivity contribution in [2.24, 2.45) is 5.92 Å². The van der Waals surface area contributed by atoms with E-state index in [0.29, 0.717) is 0 Å². The zero-order chi connectivity index (χ0) is 11.2. The maximum absolute atomic E-state index is 12.2. The van der Waals surface area contributed by atoms with E-state index in [9.17, 15) is 18.0 Å². The Kier molecular flexibility index (Phi) is 2.26. The minimum Gasteiger partial charge on any atom is -0.268 e. The molecule has 0 amide bonds. The molecule has 1 saturated carbocycles. The molecule has 0 spiro atoms. The maximum atomic E-state index is 12.2. The first-order chi connectivity index (χ1) is 6.89. The summed E-state index contributed by atoms with van der Waals surface area (Å²) in [5.41, 5.74) is -0.534. The lowest BCUT2D eigenvalue weighted by Crippen LogP contribution is -2.17. The summed E-state index contributed by atoms with van der Waals surface area (Å²) in [6, 6.07) is 1.19. The van der Waals surface area contributed by atoms with E-state index in [-0.39, 0.29) is 17.1 Å². The van der Waals surface area contributed by atoms with Crippen LogP contribution in [0.5, 0.6) is 0 Å². The number of rotatable bonds is 1. The minimum absolute atomic E-state index is 0.00238. The highest BCUT2D eigenvalue weighted by molar-refractivity contribution is 6.29. The summed E-state index contributed by atoms with van der Waals surface area (Å²) in [6.07, 6.45) is -4.29. The molecule has 1 aliphatic carbocycles. The predicted octanol–water partition coefficient (Wildman–Crippen LogP) is 2.09. The Labute approximate surface area is 87.3 Å². The van der Waals surface area contributed by atoms with Crippen molar-refractivity contribution in [3.8, 4) is 0 Å². The molecule has 15 heavy (non-hydrogen) atoms. The summed E-state index contributed by atoms with van der Waals surface area (Å²) in [4.78, 5) is 11.2. The van der Waals surface area contributed by atoms with Crippen molar-refractivity contribution in [2.75, 3.05) is 0 Å². The Hall–Kier alpha value is -1.04. The predicted molar refractivity (Wildman–Crippen MR) is 46.8 cm³/mol. The van der Waals surface area contributed by atoms with Gasteiger partial charge in [-0.05, 0) is 12.5 Å².